The van der Waals surface area contributed by atoms with Crippen molar-refractivity contribution in [3.8, 4) is 0 Å². The van der Waals surface area contributed by atoms with Gasteiger partial charge in [0.05, 0.1) is 23.1 Å². The van der Waals surface area contributed by atoms with Gasteiger partial charge < -0.3 is 9.32 Å². The largest absolute Gasteiger partial charge is 0.420 e. The number of anilines is 1. The minimum Gasteiger partial charge on any atom is -0.407 e. The Morgan fingerprint density at radius 1 is 1.06 bits per heavy atom. The van der Waals surface area contributed by atoms with Gasteiger partial charge in [0, 0.05) is 11.8 Å². The minimum absolute atomic E-state index is 0.0666. The lowest BCUT2D eigenvalue weighted by Crippen LogP contribution is -2.35. The van der Waals surface area contributed by atoms with Crippen molar-refractivity contribution in [3.63, 3.8) is 0 Å². The SMILES string of the molecule is Cc1ccc(N(Cc2ccccc2)C(=O)Cn2c(=O)oc3cc([N+](=O)[O-])ccc32)cc1. The molecule has 0 saturated carbocycles. The summed E-state index contributed by atoms with van der Waals surface area (Å²) in [5, 5.41) is 11.0. The van der Waals surface area contributed by atoms with Crippen molar-refractivity contribution in [2.75, 3.05) is 4.90 Å². The van der Waals surface area contributed by atoms with Gasteiger partial charge in [-0.25, -0.2) is 4.79 Å². The summed E-state index contributed by atoms with van der Waals surface area (Å²) in [7, 11) is 0. The molecular weight excluding hydrogens is 398 g/mol. The minimum atomic E-state index is -0.743. The molecule has 0 atom stereocenters. The maximum atomic E-state index is 13.3. The molecule has 4 aromatic rings. The summed E-state index contributed by atoms with van der Waals surface area (Å²) in [6.07, 6.45) is 0. The summed E-state index contributed by atoms with van der Waals surface area (Å²) in [6, 6.07) is 21.0. The molecule has 0 radical (unpaired) electrons. The zero-order valence-electron chi connectivity index (χ0n) is 16.7. The number of nitro benzene ring substituents is 1. The average Bonchev–Trinajstić information content (AvgIpc) is 3.07. The van der Waals surface area contributed by atoms with Crippen LogP contribution >= 0.6 is 0 Å². The lowest BCUT2D eigenvalue weighted by atomic mass is 10.1. The van der Waals surface area contributed by atoms with Crippen molar-refractivity contribution in [1.29, 1.82) is 0 Å². The number of amides is 1. The summed E-state index contributed by atoms with van der Waals surface area (Å²) in [4.78, 5) is 37.7. The van der Waals surface area contributed by atoms with Gasteiger partial charge in [-0.05, 0) is 30.7 Å². The summed E-state index contributed by atoms with van der Waals surface area (Å²) in [5.74, 6) is -1.05. The van der Waals surface area contributed by atoms with Crippen molar-refractivity contribution in [2.24, 2.45) is 0 Å². The second-order valence-corrected chi connectivity index (χ2v) is 7.16. The Balaban J connectivity index is 1.69. The molecule has 0 spiro atoms. The molecule has 1 amide bonds. The van der Waals surface area contributed by atoms with Crippen LogP contribution in [-0.4, -0.2) is 15.4 Å². The van der Waals surface area contributed by atoms with Crippen molar-refractivity contribution >= 4 is 28.4 Å². The van der Waals surface area contributed by atoms with E-state index in [1.54, 1.807) is 4.90 Å². The van der Waals surface area contributed by atoms with Crippen molar-refractivity contribution in [2.45, 2.75) is 20.0 Å². The van der Waals surface area contributed by atoms with Gasteiger partial charge in [0.25, 0.3) is 5.69 Å². The normalized spacial score (nSPS) is 10.9. The van der Waals surface area contributed by atoms with Gasteiger partial charge in [-0.15, -0.1) is 0 Å². The molecule has 0 aliphatic carbocycles. The lowest BCUT2D eigenvalue weighted by molar-refractivity contribution is -0.384. The molecule has 1 heterocycles. The molecule has 0 bridgehead atoms. The molecular formula is C23H19N3O5. The van der Waals surface area contributed by atoms with Gasteiger partial charge in [0.15, 0.2) is 5.58 Å². The Morgan fingerprint density at radius 2 is 1.77 bits per heavy atom. The van der Waals surface area contributed by atoms with Gasteiger partial charge in [-0.1, -0.05) is 48.0 Å². The molecule has 156 valence electrons. The number of aryl methyl sites for hydroxylation is 1. The lowest BCUT2D eigenvalue weighted by Gasteiger charge is -2.23. The number of carbonyl (C=O) groups is 1. The van der Waals surface area contributed by atoms with Crippen LogP contribution < -0.4 is 10.7 Å². The Kier molecular flexibility index (Phi) is 5.36. The topological polar surface area (TPSA) is 98.6 Å². The number of oxazole rings is 1. The first kappa shape index (κ1) is 20.1. The Bertz CT molecular complexity index is 1310. The second-order valence-electron chi connectivity index (χ2n) is 7.16. The van der Waals surface area contributed by atoms with E-state index in [2.05, 4.69) is 0 Å². The van der Waals surface area contributed by atoms with E-state index in [4.69, 9.17) is 4.42 Å². The van der Waals surface area contributed by atoms with Crippen LogP contribution in [0.25, 0.3) is 11.1 Å². The van der Waals surface area contributed by atoms with E-state index in [1.165, 1.54) is 22.8 Å². The molecule has 0 aliphatic heterocycles. The van der Waals surface area contributed by atoms with Crippen molar-refractivity contribution in [1.82, 2.24) is 4.57 Å². The fourth-order valence-corrected chi connectivity index (χ4v) is 3.35. The van der Waals surface area contributed by atoms with Crippen LogP contribution in [0.15, 0.2) is 82.0 Å². The van der Waals surface area contributed by atoms with E-state index in [-0.39, 0.29) is 23.7 Å². The predicted octanol–water partition coefficient (Wildman–Crippen LogP) is 4.04. The third-order valence-electron chi connectivity index (χ3n) is 4.99. The van der Waals surface area contributed by atoms with E-state index >= 15 is 0 Å². The van der Waals surface area contributed by atoms with Crippen LogP contribution in [0.3, 0.4) is 0 Å². The number of aromatic nitrogens is 1. The molecule has 0 aliphatic rings. The maximum Gasteiger partial charge on any atom is 0.420 e. The fourth-order valence-electron chi connectivity index (χ4n) is 3.35. The number of fused-ring (bicyclic) bond motifs is 1. The summed E-state index contributed by atoms with van der Waals surface area (Å²) in [5.41, 5.74) is 2.91. The molecule has 0 unspecified atom stereocenters. The summed E-state index contributed by atoms with van der Waals surface area (Å²) in [6.45, 7) is 2.03. The Hall–Kier alpha value is -4.20. The molecule has 3 aromatic carbocycles. The number of carbonyl (C=O) groups excluding carboxylic acids is 1. The van der Waals surface area contributed by atoms with E-state index in [0.717, 1.165) is 11.1 Å². The molecule has 4 rings (SSSR count). The molecule has 0 N–H and O–H groups in total. The first-order chi connectivity index (χ1) is 14.9. The highest BCUT2D eigenvalue weighted by Gasteiger charge is 2.21. The van der Waals surface area contributed by atoms with Crippen LogP contribution in [0.1, 0.15) is 11.1 Å². The predicted molar refractivity (Wildman–Crippen MR) is 116 cm³/mol. The monoisotopic (exact) mass is 417 g/mol. The van der Waals surface area contributed by atoms with E-state index in [9.17, 15) is 19.7 Å². The van der Waals surface area contributed by atoms with Gasteiger partial charge in [-0.3, -0.25) is 19.5 Å². The van der Waals surface area contributed by atoms with E-state index < -0.39 is 10.7 Å². The Morgan fingerprint density at radius 3 is 2.45 bits per heavy atom. The number of non-ortho nitro benzene ring substituents is 1. The number of nitro groups is 1. The zero-order valence-corrected chi connectivity index (χ0v) is 16.7. The molecule has 8 heteroatoms. The van der Waals surface area contributed by atoms with Crippen molar-refractivity contribution in [3.05, 3.63) is 105 Å². The smallest absolute Gasteiger partial charge is 0.407 e. The standard InChI is InChI=1S/C23H19N3O5/c1-16-7-9-18(10-8-16)24(14-17-5-3-2-4-6-17)22(27)15-25-20-12-11-19(26(29)30)13-21(20)31-23(25)28/h2-13H,14-15H2,1H3. The van der Waals surface area contributed by atoms with Gasteiger partial charge in [-0.2, -0.15) is 0 Å². The molecule has 31 heavy (non-hydrogen) atoms. The molecule has 0 saturated heterocycles. The maximum absolute atomic E-state index is 13.3. The van der Waals surface area contributed by atoms with Gasteiger partial charge in [0.2, 0.25) is 5.91 Å². The summed E-state index contributed by atoms with van der Waals surface area (Å²) < 4.78 is 6.33. The second kappa shape index (κ2) is 8.27. The number of rotatable bonds is 6. The van der Waals surface area contributed by atoms with Crippen LogP contribution in [0.5, 0.6) is 0 Å². The first-order valence-corrected chi connectivity index (χ1v) is 9.61. The third kappa shape index (κ3) is 4.23. The van der Waals surface area contributed by atoms with Crippen LogP contribution in [0, 0.1) is 17.0 Å². The molecule has 8 nitrogen and oxygen atoms in total. The Labute approximate surface area is 177 Å². The number of hydrogen-bond donors (Lipinski definition) is 0. The third-order valence-corrected chi connectivity index (χ3v) is 4.99. The molecule has 1 aromatic heterocycles. The number of hydrogen-bond acceptors (Lipinski definition) is 5. The quantitative estimate of drug-likeness (QED) is 0.348. The number of nitrogens with zero attached hydrogens (tertiary/aromatic N) is 3. The highest BCUT2D eigenvalue weighted by atomic mass is 16.6. The highest BCUT2D eigenvalue weighted by Crippen LogP contribution is 2.22. The van der Waals surface area contributed by atoms with Gasteiger partial charge in [0.1, 0.15) is 6.54 Å². The zero-order chi connectivity index (χ0) is 22.0. The molecule has 0 fully saturated rings. The van der Waals surface area contributed by atoms with E-state index in [0.29, 0.717) is 17.7 Å². The van der Waals surface area contributed by atoms with Crippen molar-refractivity contribution < 1.29 is 14.1 Å². The van der Waals surface area contributed by atoms with Gasteiger partial charge >= 0.3 is 5.76 Å². The fraction of sp³-hybridized carbons (Fsp3) is 0.130. The highest BCUT2D eigenvalue weighted by molar-refractivity contribution is 5.94. The van der Waals surface area contributed by atoms with Crippen LogP contribution in [0.4, 0.5) is 11.4 Å². The number of benzene rings is 3. The van der Waals surface area contributed by atoms with E-state index in [1.807, 2.05) is 61.5 Å². The first-order valence-electron chi connectivity index (χ1n) is 9.61. The van der Waals surface area contributed by atoms with Crippen LogP contribution in [-0.2, 0) is 17.9 Å². The van der Waals surface area contributed by atoms with Crippen LogP contribution in [0.2, 0.25) is 0 Å². The summed E-state index contributed by atoms with van der Waals surface area (Å²) >= 11 is 0. The average molecular weight is 417 g/mol.